The molecule has 1 aliphatic rings. The minimum absolute atomic E-state index is 0.209. The third-order valence-electron chi connectivity index (χ3n) is 5.32. The molecule has 0 spiro atoms. The quantitative estimate of drug-likeness (QED) is 0.705. The first kappa shape index (κ1) is 18.9. The van der Waals surface area contributed by atoms with Gasteiger partial charge >= 0.3 is 11.7 Å². The summed E-state index contributed by atoms with van der Waals surface area (Å²) in [4.78, 5) is 27.9. The summed E-state index contributed by atoms with van der Waals surface area (Å²) < 4.78 is 1.53. The maximum absolute atomic E-state index is 12.3. The maximum Gasteiger partial charge on any atom is 0.347 e. The van der Waals surface area contributed by atoms with Gasteiger partial charge < -0.3 is 10.6 Å². The minimum atomic E-state index is -0.294. The summed E-state index contributed by atoms with van der Waals surface area (Å²) >= 11 is 0. The summed E-state index contributed by atoms with van der Waals surface area (Å²) in [6, 6.07) is 17.5. The number of amides is 2. The predicted molar refractivity (Wildman–Crippen MR) is 113 cm³/mol. The van der Waals surface area contributed by atoms with Crippen LogP contribution in [0.2, 0.25) is 0 Å². The van der Waals surface area contributed by atoms with Crippen LogP contribution in [0.25, 0.3) is 0 Å². The van der Waals surface area contributed by atoms with Gasteiger partial charge in [0, 0.05) is 24.6 Å². The zero-order valence-electron chi connectivity index (χ0n) is 16.2. The molecule has 148 valence electrons. The second kappa shape index (κ2) is 8.73. The van der Waals surface area contributed by atoms with Crippen molar-refractivity contribution in [2.75, 3.05) is 11.9 Å². The van der Waals surface area contributed by atoms with E-state index in [1.807, 2.05) is 24.3 Å². The fourth-order valence-corrected chi connectivity index (χ4v) is 3.81. The number of carbonyl (C=O) groups excluding carboxylic acids is 1. The Morgan fingerprint density at radius 3 is 2.83 bits per heavy atom. The fourth-order valence-electron chi connectivity index (χ4n) is 3.81. The van der Waals surface area contributed by atoms with E-state index >= 15 is 0 Å². The van der Waals surface area contributed by atoms with Crippen LogP contribution in [-0.4, -0.2) is 22.1 Å². The Bertz CT molecular complexity index is 1060. The van der Waals surface area contributed by atoms with Crippen LogP contribution in [0.15, 0.2) is 71.8 Å². The zero-order valence-corrected chi connectivity index (χ0v) is 16.2. The van der Waals surface area contributed by atoms with Crippen molar-refractivity contribution in [2.24, 2.45) is 5.92 Å². The summed E-state index contributed by atoms with van der Waals surface area (Å²) in [5.74, 6) is 0.458. The Balaban J connectivity index is 1.31. The molecule has 1 heterocycles. The lowest BCUT2D eigenvalue weighted by Gasteiger charge is -2.24. The van der Waals surface area contributed by atoms with E-state index < -0.39 is 0 Å². The van der Waals surface area contributed by atoms with Gasteiger partial charge in [0.25, 0.3) is 0 Å². The third-order valence-corrected chi connectivity index (χ3v) is 5.32. The van der Waals surface area contributed by atoms with Crippen LogP contribution in [-0.2, 0) is 19.4 Å². The van der Waals surface area contributed by atoms with Gasteiger partial charge in [-0.15, -0.1) is 0 Å². The maximum atomic E-state index is 12.3. The number of nitrogens with one attached hydrogen (secondary N) is 2. The highest BCUT2D eigenvalue weighted by Gasteiger charge is 2.18. The summed E-state index contributed by atoms with van der Waals surface area (Å²) in [5.41, 5.74) is 4.15. The monoisotopic (exact) mass is 388 g/mol. The number of hydrogen-bond donors (Lipinski definition) is 2. The van der Waals surface area contributed by atoms with Crippen molar-refractivity contribution in [3.8, 4) is 0 Å². The number of fused-ring (bicyclic) bond motifs is 1. The van der Waals surface area contributed by atoms with E-state index in [0.717, 1.165) is 24.8 Å². The first-order valence-corrected chi connectivity index (χ1v) is 9.89. The molecular formula is C23H24N4O2. The lowest BCUT2D eigenvalue weighted by atomic mass is 9.84. The van der Waals surface area contributed by atoms with E-state index in [1.54, 1.807) is 12.3 Å². The van der Waals surface area contributed by atoms with Crippen molar-refractivity contribution in [1.29, 1.82) is 0 Å². The van der Waals surface area contributed by atoms with Gasteiger partial charge in [-0.2, -0.15) is 0 Å². The van der Waals surface area contributed by atoms with Crippen LogP contribution < -0.4 is 16.3 Å². The number of anilines is 1. The topological polar surface area (TPSA) is 76.0 Å². The molecule has 6 nitrogen and oxygen atoms in total. The molecule has 1 unspecified atom stereocenters. The SMILES string of the molecule is O=C(NCC1CCc2ccccc2C1)Nc1cccc(Cn2cccnc2=O)c1. The first-order valence-electron chi connectivity index (χ1n) is 9.89. The largest absolute Gasteiger partial charge is 0.347 e. The van der Waals surface area contributed by atoms with E-state index in [-0.39, 0.29) is 11.7 Å². The van der Waals surface area contributed by atoms with Crippen LogP contribution in [0.3, 0.4) is 0 Å². The predicted octanol–water partition coefficient (Wildman–Crippen LogP) is 3.22. The Hall–Kier alpha value is -3.41. The zero-order chi connectivity index (χ0) is 20.1. The van der Waals surface area contributed by atoms with Gasteiger partial charge in [-0.05, 0) is 60.1 Å². The molecule has 0 fully saturated rings. The number of nitrogens with zero attached hydrogens (tertiary/aromatic N) is 2. The van der Waals surface area contributed by atoms with Gasteiger partial charge in [0.2, 0.25) is 0 Å². The van der Waals surface area contributed by atoms with Crippen molar-refractivity contribution in [1.82, 2.24) is 14.9 Å². The van der Waals surface area contributed by atoms with Crippen LogP contribution in [0.5, 0.6) is 0 Å². The van der Waals surface area contributed by atoms with Gasteiger partial charge in [-0.25, -0.2) is 14.6 Å². The average molecular weight is 388 g/mol. The van der Waals surface area contributed by atoms with Crippen LogP contribution in [0, 0.1) is 5.92 Å². The normalized spacial score (nSPS) is 15.4. The Labute approximate surface area is 169 Å². The molecule has 4 rings (SSSR count). The molecule has 1 atom stereocenters. The van der Waals surface area contributed by atoms with Crippen molar-refractivity contribution in [3.05, 3.63) is 94.2 Å². The highest BCUT2D eigenvalue weighted by atomic mass is 16.2. The smallest absolute Gasteiger partial charge is 0.338 e. The molecule has 6 heteroatoms. The van der Waals surface area contributed by atoms with Gasteiger partial charge in [0.15, 0.2) is 0 Å². The first-order chi connectivity index (χ1) is 14.2. The van der Waals surface area contributed by atoms with Gasteiger partial charge in [0.1, 0.15) is 0 Å². The summed E-state index contributed by atoms with van der Waals surface area (Å²) in [7, 11) is 0. The van der Waals surface area contributed by atoms with Crippen molar-refractivity contribution in [2.45, 2.75) is 25.8 Å². The van der Waals surface area contributed by atoms with E-state index in [2.05, 4.69) is 39.9 Å². The van der Waals surface area contributed by atoms with Crippen molar-refractivity contribution < 1.29 is 4.79 Å². The molecule has 0 saturated carbocycles. The highest BCUT2D eigenvalue weighted by Crippen LogP contribution is 2.24. The third kappa shape index (κ3) is 4.90. The molecule has 0 radical (unpaired) electrons. The number of aryl methyl sites for hydroxylation is 1. The molecule has 0 aliphatic heterocycles. The molecule has 2 N–H and O–H groups in total. The molecule has 1 aliphatic carbocycles. The number of hydrogen-bond acceptors (Lipinski definition) is 3. The van der Waals surface area contributed by atoms with Gasteiger partial charge in [0.05, 0.1) is 6.54 Å². The van der Waals surface area contributed by atoms with Crippen molar-refractivity contribution >= 4 is 11.7 Å². The van der Waals surface area contributed by atoms with Crippen LogP contribution >= 0.6 is 0 Å². The van der Waals surface area contributed by atoms with E-state index in [4.69, 9.17) is 0 Å². The van der Waals surface area contributed by atoms with Crippen LogP contribution in [0.4, 0.5) is 10.5 Å². The number of rotatable bonds is 5. The van der Waals surface area contributed by atoms with Crippen LogP contribution in [0.1, 0.15) is 23.1 Å². The molecule has 1 aromatic heterocycles. The lowest BCUT2D eigenvalue weighted by Crippen LogP contribution is -2.35. The summed E-state index contributed by atoms with van der Waals surface area (Å²) in [6.45, 7) is 1.07. The number of aromatic nitrogens is 2. The lowest BCUT2D eigenvalue weighted by molar-refractivity contribution is 0.249. The Kier molecular flexibility index (Phi) is 5.70. The second-order valence-corrected chi connectivity index (χ2v) is 7.44. The standard InChI is InChI=1S/C23H24N4O2/c28-22(25-15-17-9-10-19-6-1-2-7-20(19)13-17)26-21-8-3-5-18(14-21)16-27-12-4-11-24-23(27)29/h1-8,11-12,14,17H,9-10,13,15-16H2,(H2,25,26,28). The average Bonchev–Trinajstić information content (AvgIpc) is 2.74. The Morgan fingerprint density at radius 1 is 1.10 bits per heavy atom. The summed E-state index contributed by atoms with van der Waals surface area (Å²) in [6.07, 6.45) is 6.34. The molecule has 2 aromatic carbocycles. The fraction of sp³-hybridized carbons (Fsp3) is 0.261. The molecule has 2 amide bonds. The van der Waals surface area contributed by atoms with Crippen molar-refractivity contribution in [3.63, 3.8) is 0 Å². The molecule has 0 bridgehead atoms. The number of benzene rings is 2. The highest BCUT2D eigenvalue weighted by molar-refractivity contribution is 5.89. The Morgan fingerprint density at radius 2 is 1.97 bits per heavy atom. The number of carbonyl (C=O) groups is 1. The minimum Gasteiger partial charge on any atom is -0.338 e. The van der Waals surface area contributed by atoms with Gasteiger partial charge in [-0.3, -0.25) is 4.57 Å². The number of urea groups is 1. The summed E-state index contributed by atoms with van der Waals surface area (Å²) in [5, 5.41) is 5.88. The van der Waals surface area contributed by atoms with E-state index in [1.165, 1.54) is 21.9 Å². The van der Waals surface area contributed by atoms with E-state index in [9.17, 15) is 9.59 Å². The second-order valence-electron chi connectivity index (χ2n) is 7.44. The van der Waals surface area contributed by atoms with E-state index in [0.29, 0.717) is 24.7 Å². The molecule has 0 saturated heterocycles. The van der Waals surface area contributed by atoms with Gasteiger partial charge in [-0.1, -0.05) is 36.4 Å². The molecule has 3 aromatic rings. The molecular weight excluding hydrogens is 364 g/mol. The molecule has 29 heavy (non-hydrogen) atoms.